The summed E-state index contributed by atoms with van der Waals surface area (Å²) in [6, 6.07) is 4.99. The number of aliphatic carboxylic acids is 1. The highest BCUT2D eigenvalue weighted by Crippen LogP contribution is 2.25. The summed E-state index contributed by atoms with van der Waals surface area (Å²) in [5.74, 6) is -1.70. The predicted molar refractivity (Wildman–Crippen MR) is 83.4 cm³/mol. The van der Waals surface area contributed by atoms with Crippen LogP contribution in [0, 0.1) is 10.1 Å². The summed E-state index contributed by atoms with van der Waals surface area (Å²) in [5.41, 5.74) is 0.197. The van der Waals surface area contributed by atoms with Crippen molar-refractivity contribution in [3.63, 3.8) is 0 Å². The van der Waals surface area contributed by atoms with Gasteiger partial charge in [0.15, 0.2) is 0 Å². The van der Waals surface area contributed by atoms with Gasteiger partial charge in [-0.1, -0.05) is 31.9 Å². The van der Waals surface area contributed by atoms with Gasteiger partial charge in [0.05, 0.1) is 4.92 Å². The molecule has 1 amide bonds. The summed E-state index contributed by atoms with van der Waals surface area (Å²) >= 11 is 0. The predicted octanol–water partition coefficient (Wildman–Crippen LogP) is 2.45. The summed E-state index contributed by atoms with van der Waals surface area (Å²) in [4.78, 5) is 36.5. The second kappa shape index (κ2) is 6.91. The van der Waals surface area contributed by atoms with Crippen molar-refractivity contribution >= 4 is 28.5 Å². The number of nitro groups is 1. The lowest BCUT2D eigenvalue weighted by atomic mass is 10.1. The van der Waals surface area contributed by atoms with Crippen LogP contribution in [0.2, 0.25) is 0 Å². The maximum Gasteiger partial charge on any atom is 0.326 e. The molecule has 3 N–H and O–H groups in total. The molecule has 1 aromatic heterocycles. The minimum Gasteiger partial charge on any atom is -0.480 e. The summed E-state index contributed by atoms with van der Waals surface area (Å²) in [7, 11) is 0. The van der Waals surface area contributed by atoms with Crippen LogP contribution in [0.5, 0.6) is 0 Å². The third kappa shape index (κ3) is 3.65. The van der Waals surface area contributed by atoms with E-state index in [1.165, 1.54) is 18.2 Å². The molecule has 0 bridgehead atoms. The van der Waals surface area contributed by atoms with Gasteiger partial charge in [0.2, 0.25) is 0 Å². The number of nitrogens with one attached hydrogen (secondary N) is 2. The number of aromatic nitrogens is 1. The van der Waals surface area contributed by atoms with Gasteiger partial charge in [-0.05, 0) is 12.5 Å². The number of fused-ring (bicyclic) bond motifs is 1. The summed E-state index contributed by atoms with van der Waals surface area (Å²) in [6.45, 7) is 1.93. The highest BCUT2D eigenvalue weighted by Gasteiger charge is 2.22. The fourth-order valence-corrected chi connectivity index (χ4v) is 2.32. The molecule has 2 aromatic rings. The van der Waals surface area contributed by atoms with Crippen LogP contribution < -0.4 is 5.32 Å². The number of carbonyl (C=O) groups excluding carboxylic acids is 1. The average Bonchev–Trinajstić information content (AvgIpc) is 2.94. The number of hydrogen-bond acceptors (Lipinski definition) is 4. The number of benzene rings is 1. The van der Waals surface area contributed by atoms with Crippen LogP contribution in [-0.4, -0.2) is 32.9 Å². The van der Waals surface area contributed by atoms with Crippen LogP contribution in [0.25, 0.3) is 10.9 Å². The molecule has 0 fully saturated rings. The van der Waals surface area contributed by atoms with Crippen LogP contribution in [0.3, 0.4) is 0 Å². The largest absolute Gasteiger partial charge is 0.480 e. The second-order valence-electron chi connectivity index (χ2n) is 5.19. The molecule has 0 saturated carbocycles. The summed E-state index contributed by atoms with van der Waals surface area (Å²) in [6.07, 6.45) is 1.83. The topological polar surface area (TPSA) is 125 Å². The number of carbonyl (C=O) groups is 2. The first kappa shape index (κ1) is 16.5. The lowest BCUT2D eigenvalue weighted by Crippen LogP contribution is -2.40. The minimum atomic E-state index is -1.10. The van der Waals surface area contributed by atoms with Crippen LogP contribution in [0.15, 0.2) is 24.3 Å². The molecule has 0 aliphatic carbocycles. The van der Waals surface area contributed by atoms with E-state index in [2.05, 4.69) is 10.3 Å². The van der Waals surface area contributed by atoms with E-state index >= 15 is 0 Å². The van der Waals surface area contributed by atoms with Crippen molar-refractivity contribution in [1.82, 2.24) is 10.3 Å². The quantitative estimate of drug-likeness (QED) is 0.534. The van der Waals surface area contributed by atoms with E-state index in [4.69, 9.17) is 5.11 Å². The number of non-ortho nitro benzene ring substituents is 1. The van der Waals surface area contributed by atoms with Gasteiger partial charge in [-0.25, -0.2) is 4.79 Å². The molecule has 1 aromatic carbocycles. The standard InChI is InChI=1S/C15H17N3O5/c1-2-3-6-10(15(20)21)17-14(19)11-8-9-5-4-7-12(18(22)23)13(9)16-11/h4-5,7-8,10,16H,2-3,6H2,1H3,(H,17,19)(H,20,21). The van der Waals surface area contributed by atoms with E-state index in [1.807, 2.05) is 6.92 Å². The van der Waals surface area contributed by atoms with Crippen molar-refractivity contribution < 1.29 is 19.6 Å². The molecule has 1 unspecified atom stereocenters. The number of hydrogen-bond donors (Lipinski definition) is 3. The van der Waals surface area contributed by atoms with Gasteiger partial charge in [-0.3, -0.25) is 14.9 Å². The smallest absolute Gasteiger partial charge is 0.326 e. The van der Waals surface area contributed by atoms with Crippen molar-refractivity contribution in [2.75, 3.05) is 0 Å². The highest BCUT2D eigenvalue weighted by atomic mass is 16.6. The van der Waals surface area contributed by atoms with Crippen molar-refractivity contribution in [3.05, 3.63) is 40.1 Å². The Labute approximate surface area is 131 Å². The van der Waals surface area contributed by atoms with E-state index in [0.29, 0.717) is 18.2 Å². The van der Waals surface area contributed by atoms with Crippen molar-refractivity contribution in [1.29, 1.82) is 0 Å². The van der Waals surface area contributed by atoms with E-state index in [0.717, 1.165) is 6.42 Å². The Bertz CT molecular complexity index is 753. The molecule has 0 aliphatic rings. The number of carboxylic acid groups (broad SMARTS) is 1. The summed E-state index contributed by atoms with van der Waals surface area (Å²) < 4.78 is 0. The van der Waals surface area contributed by atoms with Crippen molar-refractivity contribution in [2.45, 2.75) is 32.2 Å². The number of carboxylic acids is 1. The number of unbranched alkanes of at least 4 members (excludes halogenated alkanes) is 1. The lowest BCUT2D eigenvalue weighted by Gasteiger charge is -2.13. The zero-order valence-electron chi connectivity index (χ0n) is 12.5. The molecule has 0 radical (unpaired) electrons. The Morgan fingerprint density at radius 1 is 1.43 bits per heavy atom. The third-order valence-electron chi connectivity index (χ3n) is 3.53. The molecule has 8 nitrogen and oxygen atoms in total. The number of nitro benzene ring substituents is 1. The van der Waals surface area contributed by atoms with Gasteiger partial charge >= 0.3 is 5.97 Å². The molecule has 122 valence electrons. The molecule has 1 heterocycles. The SMILES string of the molecule is CCCCC(NC(=O)c1cc2cccc([N+](=O)[O-])c2[nH]1)C(=O)O. The normalized spacial score (nSPS) is 12.0. The molecular formula is C15H17N3O5. The lowest BCUT2D eigenvalue weighted by molar-refractivity contribution is -0.383. The molecule has 1 atom stereocenters. The monoisotopic (exact) mass is 319 g/mol. The minimum absolute atomic E-state index is 0.0945. The van der Waals surface area contributed by atoms with Gasteiger partial charge < -0.3 is 15.4 Å². The van der Waals surface area contributed by atoms with E-state index in [1.54, 1.807) is 6.07 Å². The van der Waals surface area contributed by atoms with Crippen LogP contribution >= 0.6 is 0 Å². The van der Waals surface area contributed by atoms with Gasteiger partial charge in [0.1, 0.15) is 17.3 Å². The maximum absolute atomic E-state index is 12.2. The Morgan fingerprint density at radius 3 is 2.78 bits per heavy atom. The number of para-hydroxylation sites is 1. The number of aromatic amines is 1. The molecule has 23 heavy (non-hydrogen) atoms. The molecule has 0 spiro atoms. The average molecular weight is 319 g/mol. The van der Waals surface area contributed by atoms with Crippen molar-refractivity contribution in [3.8, 4) is 0 Å². The molecule has 8 heteroatoms. The van der Waals surface area contributed by atoms with Gasteiger partial charge in [0.25, 0.3) is 11.6 Å². The van der Waals surface area contributed by atoms with Crippen LogP contribution in [0.1, 0.15) is 36.7 Å². The first-order valence-corrected chi connectivity index (χ1v) is 7.23. The number of H-pyrrole nitrogens is 1. The number of amides is 1. The molecule has 2 rings (SSSR count). The third-order valence-corrected chi connectivity index (χ3v) is 3.53. The molecule has 0 aliphatic heterocycles. The highest BCUT2D eigenvalue weighted by molar-refractivity contribution is 6.01. The van der Waals surface area contributed by atoms with E-state index < -0.39 is 22.8 Å². The molecule has 0 saturated heterocycles. The van der Waals surface area contributed by atoms with E-state index in [9.17, 15) is 19.7 Å². The van der Waals surface area contributed by atoms with Gasteiger partial charge in [-0.2, -0.15) is 0 Å². The zero-order chi connectivity index (χ0) is 17.0. The first-order valence-electron chi connectivity index (χ1n) is 7.23. The maximum atomic E-state index is 12.2. The second-order valence-corrected chi connectivity index (χ2v) is 5.19. The van der Waals surface area contributed by atoms with Gasteiger partial charge in [-0.15, -0.1) is 0 Å². The van der Waals surface area contributed by atoms with Gasteiger partial charge in [0, 0.05) is 11.5 Å². The Morgan fingerprint density at radius 2 is 2.17 bits per heavy atom. The number of nitrogens with zero attached hydrogens (tertiary/aromatic N) is 1. The summed E-state index contributed by atoms with van der Waals surface area (Å²) in [5, 5.41) is 23.1. The van der Waals surface area contributed by atoms with Crippen LogP contribution in [-0.2, 0) is 4.79 Å². The molecular weight excluding hydrogens is 302 g/mol. The van der Waals surface area contributed by atoms with E-state index in [-0.39, 0.29) is 16.9 Å². The number of rotatable bonds is 7. The fraction of sp³-hybridized carbons (Fsp3) is 0.333. The Kier molecular flexibility index (Phi) is 4.95. The zero-order valence-corrected chi connectivity index (χ0v) is 12.5. The van der Waals surface area contributed by atoms with Crippen molar-refractivity contribution in [2.24, 2.45) is 0 Å². The Balaban J connectivity index is 2.25. The Hall–Kier alpha value is -2.90. The van der Waals surface area contributed by atoms with Crippen LogP contribution in [0.4, 0.5) is 5.69 Å². The fourth-order valence-electron chi connectivity index (χ4n) is 2.32. The first-order chi connectivity index (χ1) is 10.9.